The number of hydrogen-bond donors (Lipinski definition) is 2. The number of phenols is 1. The van der Waals surface area contributed by atoms with Gasteiger partial charge >= 0.3 is 0 Å². The van der Waals surface area contributed by atoms with E-state index < -0.39 is 0 Å². The highest BCUT2D eigenvalue weighted by Crippen LogP contribution is 2.34. The van der Waals surface area contributed by atoms with Crippen LogP contribution in [0.15, 0.2) is 18.2 Å². The number of hydrogen-bond acceptors (Lipinski definition) is 4. The van der Waals surface area contributed by atoms with Gasteiger partial charge in [0, 0.05) is 12.1 Å². The van der Waals surface area contributed by atoms with E-state index in [1.54, 1.807) is 13.2 Å². The molecule has 0 radical (unpaired) electrons. The maximum atomic E-state index is 9.71. The molecule has 2 atom stereocenters. The van der Waals surface area contributed by atoms with Gasteiger partial charge in [-0.15, -0.1) is 0 Å². The third kappa shape index (κ3) is 3.25. The molecule has 2 rings (SSSR count). The zero-order valence-electron chi connectivity index (χ0n) is 12.5. The van der Waals surface area contributed by atoms with Crippen LogP contribution in [0.2, 0.25) is 0 Å². The number of nitrogens with two attached hydrogens (primary N) is 1. The van der Waals surface area contributed by atoms with Crippen LogP contribution in [0.1, 0.15) is 44.2 Å². The van der Waals surface area contributed by atoms with Crippen LogP contribution in [0.25, 0.3) is 0 Å². The van der Waals surface area contributed by atoms with Crippen molar-refractivity contribution in [2.24, 2.45) is 5.73 Å². The van der Waals surface area contributed by atoms with Crippen molar-refractivity contribution >= 4 is 0 Å². The van der Waals surface area contributed by atoms with Crippen molar-refractivity contribution < 1.29 is 9.84 Å². The minimum Gasteiger partial charge on any atom is -0.504 e. The Labute approximate surface area is 121 Å². The van der Waals surface area contributed by atoms with Gasteiger partial charge in [-0.25, -0.2) is 0 Å². The van der Waals surface area contributed by atoms with Crippen LogP contribution in [-0.4, -0.2) is 36.2 Å². The van der Waals surface area contributed by atoms with Crippen LogP contribution in [0.4, 0.5) is 0 Å². The smallest absolute Gasteiger partial charge is 0.160 e. The summed E-state index contributed by atoms with van der Waals surface area (Å²) in [6.07, 6.45) is 4.84. The van der Waals surface area contributed by atoms with E-state index >= 15 is 0 Å². The van der Waals surface area contributed by atoms with E-state index in [4.69, 9.17) is 10.5 Å². The predicted octanol–water partition coefficient (Wildman–Crippen LogP) is 2.67. The molecule has 0 bridgehead atoms. The van der Waals surface area contributed by atoms with E-state index in [1.165, 1.54) is 24.8 Å². The Balaban J connectivity index is 2.17. The van der Waals surface area contributed by atoms with E-state index in [-0.39, 0.29) is 5.75 Å². The molecule has 1 aliphatic rings. The van der Waals surface area contributed by atoms with E-state index in [1.807, 2.05) is 12.1 Å². The largest absolute Gasteiger partial charge is 0.504 e. The minimum atomic E-state index is 0.195. The molecule has 1 fully saturated rings. The number of ether oxygens (including phenoxy) is 1. The summed E-state index contributed by atoms with van der Waals surface area (Å²) in [4.78, 5) is 2.54. The first-order chi connectivity index (χ1) is 9.67. The van der Waals surface area contributed by atoms with Gasteiger partial charge in [-0.05, 0) is 57.0 Å². The van der Waals surface area contributed by atoms with Crippen LogP contribution < -0.4 is 10.5 Å². The molecule has 4 nitrogen and oxygen atoms in total. The van der Waals surface area contributed by atoms with E-state index in [0.717, 1.165) is 19.5 Å². The van der Waals surface area contributed by atoms with Crippen LogP contribution in [0.5, 0.6) is 11.5 Å². The van der Waals surface area contributed by atoms with Crippen LogP contribution in [0, 0.1) is 0 Å². The highest BCUT2D eigenvalue weighted by atomic mass is 16.5. The quantitative estimate of drug-likeness (QED) is 0.869. The second-order valence-corrected chi connectivity index (χ2v) is 5.57. The number of rotatable bonds is 5. The Bertz CT molecular complexity index is 434. The Morgan fingerprint density at radius 3 is 2.95 bits per heavy atom. The first kappa shape index (κ1) is 15.1. The second-order valence-electron chi connectivity index (χ2n) is 5.57. The third-order valence-electron chi connectivity index (χ3n) is 4.36. The summed E-state index contributed by atoms with van der Waals surface area (Å²) in [7, 11) is 1.58. The van der Waals surface area contributed by atoms with Gasteiger partial charge in [-0.3, -0.25) is 4.90 Å². The highest BCUT2D eigenvalue weighted by Gasteiger charge is 2.27. The lowest BCUT2D eigenvalue weighted by atomic mass is 9.95. The van der Waals surface area contributed by atoms with Crippen LogP contribution >= 0.6 is 0 Å². The molecule has 0 saturated carbocycles. The van der Waals surface area contributed by atoms with Gasteiger partial charge in [0.2, 0.25) is 0 Å². The number of phenolic OH excluding ortho intramolecular Hbond substituents is 1. The molecule has 1 heterocycles. The number of benzene rings is 1. The van der Waals surface area contributed by atoms with E-state index in [2.05, 4.69) is 11.8 Å². The number of piperidine rings is 1. The molecular formula is C16H26N2O2. The average molecular weight is 278 g/mol. The first-order valence-corrected chi connectivity index (χ1v) is 7.50. The second kappa shape index (κ2) is 6.95. The molecule has 3 N–H and O–H groups in total. The normalized spacial score (nSPS) is 21.6. The summed E-state index contributed by atoms with van der Waals surface area (Å²) in [6.45, 7) is 4.09. The SMILES string of the molecule is COc1cc(C(C)N2CCCCC2CCN)ccc1O. The van der Waals surface area contributed by atoms with Crippen molar-refractivity contribution in [3.63, 3.8) is 0 Å². The predicted molar refractivity (Wildman–Crippen MR) is 81.1 cm³/mol. The molecule has 1 aliphatic heterocycles. The third-order valence-corrected chi connectivity index (χ3v) is 4.36. The molecule has 0 aliphatic carbocycles. The van der Waals surface area contributed by atoms with Gasteiger partial charge < -0.3 is 15.6 Å². The zero-order valence-corrected chi connectivity index (χ0v) is 12.5. The maximum Gasteiger partial charge on any atom is 0.160 e. The van der Waals surface area contributed by atoms with Crippen molar-refractivity contribution in [1.29, 1.82) is 0 Å². The summed E-state index contributed by atoms with van der Waals surface area (Å²) in [5, 5.41) is 9.71. The van der Waals surface area contributed by atoms with Crippen molar-refractivity contribution in [2.75, 3.05) is 20.2 Å². The topological polar surface area (TPSA) is 58.7 Å². The lowest BCUT2D eigenvalue weighted by Crippen LogP contribution is -2.42. The molecule has 0 amide bonds. The minimum absolute atomic E-state index is 0.195. The molecule has 2 unspecified atom stereocenters. The summed E-state index contributed by atoms with van der Waals surface area (Å²) in [5.41, 5.74) is 6.93. The Morgan fingerprint density at radius 1 is 1.45 bits per heavy atom. The van der Waals surface area contributed by atoms with Gasteiger partial charge in [-0.2, -0.15) is 0 Å². The van der Waals surface area contributed by atoms with E-state index in [9.17, 15) is 5.11 Å². The zero-order chi connectivity index (χ0) is 14.5. The summed E-state index contributed by atoms with van der Waals surface area (Å²) >= 11 is 0. The number of aromatic hydroxyl groups is 1. The van der Waals surface area contributed by atoms with Crippen LogP contribution in [-0.2, 0) is 0 Å². The number of likely N-dealkylation sites (tertiary alicyclic amines) is 1. The monoisotopic (exact) mass is 278 g/mol. The molecule has 20 heavy (non-hydrogen) atoms. The fraction of sp³-hybridized carbons (Fsp3) is 0.625. The lowest BCUT2D eigenvalue weighted by molar-refractivity contribution is 0.0982. The van der Waals surface area contributed by atoms with Gasteiger partial charge in [0.05, 0.1) is 7.11 Å². The van der Waals surface area contributed by atoms with Gasteiger partial charge in [0.15, 0.2) is 11.5 Å². The maximum absolute atomic E-state index is 9.71. The summed E-state index contributed by atoms with van der Waals surface area (Å²) in [6, 6.07) is 6.53. The van der Waals surface area contributed by atoms with Crippen molar-refractivity contribution in [3.8, 4) is 11.5 Å². The fourth-order valence-electron chi connectivity index (χ4n) is 3.18. The van der Waals surface area contributed by atoms with Gasteiger partial charge in [-0.1, -0.05) is 12.5 Å². The summed E-state index contributed by atoms with van der Waals surface area (Å²) < 4.78 is 5.21. The van der Waals surface area contributed by atoms with Crippen molar-refractivity contribution in [1.82, 2.24) is 4.90 Å². The highest BCUT2D eigenvalue weighted by molar-refractivity contribution is 5.42. The molecule has 0 aromatic heterocycles. The lowest BCUT2D eigenvalue weighted by Gasteiger charge is -2.40. The van der Waals surface area contributed by atoms with Crippen molar-refractivity contribution in [3.05, 3.63) is 23.8 Å². The Morgan fingerprint density at radius 2 is 2.25 bits per heavy atom. The standard InChI is InChI=1S/C16H26N2O2/c1-12(13-6-7-15(19)16(11-13)20-2)18-10-4-3-5-14(18)8-9-17/h6-7,11-12,14,19H,3-5,8-10,17H2,1-2H3. The average Bonchev–Trinajstić information content (AvgIpc) is 2.48. The van der Waals surface area contributed by atoms with E-state index in [0.29, 0.717) is 17.8 Å². The summed E-state index contributed by atoms with van der Waals surface area (Å²) in [5.74, 6) is 0.738. The Kier molecular flexibility index (Phi) is 5.26. The van der Waals surface area contributed by atoms with Gasteiger partial charge in [0.25, 0.3) is 0 Å². The molecule has 1 aromatic rings. The fourth-order valence-corrected chi connectivity index (χ4v) is 3.18. The molecule has 1 aromatic carbocycles. The molecule has 112 valence electrons. The van der Waals surface area contributed by atoms with Gasteiger partial charge in [0.1, 0.15) is 0 Å². The molecule has 4 heteroatoms. The van der Waals surface area contributed by atoms with Crippen molar-refractivity contribution in [2.45, 2.75) is 44.7 Å². The molecule has 0 spiro atoms. The first-order valence-electron chi connectivity index (χ1n) is 7.50. The number of methoxy groups -OCH3 is 1. The molecular weight excluding hydrogens is 252 g/mol. The van der Waals surface area contributed by atoms with Crippen LogP contribution in [0.3, 0.4) is 0 Å². The molecule has 1 saturated heterocycles. The Hall–Kier alpha value is -1.26. The number of nitrogens with zero attached hydrogens (tertiary/aromatic N) is 1.